The Morgan fingerprint density at radius 3 is 2.53 bits per heavy atom. The molecule has 1 heterocycles. The van der Waals surface area contributed by atoms with Gasteiger partial charge in [-0.05, 0) is 19.3 Å². The number of aliphatic imine (C=N–C) groups is 1. The molecule has 1 rings (SSSR count). The van der Waals surface area contributed by atoms with Gasteiger partial charge in [0.2, 0.25) is 5.89 Å². The van der Waals surface area contributed by atoms with Crippen LogP contribution < -0.4 is 10.6 Å². The van der Waals surface area contributed by atoms with Crippen LogP contribution in [0.3, 0.4) is 0 Å². The van der Waals surface area contributed by atoms with Crippen molar-refractivity contribution in [1.29, 1.82) is 0 Å². The lowest BCUT2D eigenvalue weighted by Crippen LogP contribution is -2.39. The summed E-state index contributed by atoms with van der Waals surface area (Å²) >= 11 is 0. The lowest BCUT2D eigenvalue weighted by molar-refractivity contribution is 0.374. The largest absolute Gasteiger partial charge is 0.356 e. The van der Waals surface area contributed by atoms with Gasteiger partial charge in [0.25, 0.3) is 0 Å². The molecule has 0 amide bonds. The number of nitrogens with one attached hydrogen (secondary N) is 2. The van der Waals surface area contributed by atoms with Gasteiger partial charge in [-0.25, -0.2) is 0 Å². The Morgan fingerprint density at radius 2 is 2.00 bits per heavy atom. The molecule has 0 aliphatic rings. The highest BCUT2D eigenvalue weighted by Gasteiger charge is 2.03. The van der Waals surface area contributed by atoms with Crippen LogP contribution in [0.5, 0.6) is 0 Å². The Morgan fingerprint density at radius 1 is 1.32 bits per heavy atom. The SMILES string of the molecule is CN=C(NCCc1nc(C)no1)NCCC(C)C.I. The lowest BCUT2D eigenvalue weighted by atomic mass is 10.1. The van der Waals surface area contributed by atoms with Crippen LogP contribution in [-0.2, 0) is 6.42 Å². The van der Waals surface area contributed by atoms with Crippen LogP contribution in [-0.4, -0.2) is 36.2 Å². The second-order valence-electron chi connectivity index (χ2n) is 4.59. The zero-order valence-electron chi connectivity index (χ0n) is 12.1. The number of halogens is 1. The first-order valence-corrected chi connectivity index (χ1v) is 6.35. The van der Waals surface area contributed by atoms with Crippen molar-refractivity contribution in [1.82, 2.24) is 20.8 Å². The van der Waals surface area contributed by atoms with E-state index in [2.05, 4.69) is 39.6 Å². The highest BCUT2D eigenvalue weighted by Crippen LogP contribution is 1.97. The first kappa shape index (κ1) is 18.1. The van der Waals surface area contributed by atoms with Gasteiger partial charge < -0.3 is 15.2 Å². The van der Waals surface area contributed by atoms with E-state index in [4.69, 9.17) is 4.52 Å². The molecule has 0 aromatic carbocycles. The summed E-state index contributed by atoms with van der Waals surface area (Å²) in [5.74, 6) is 2.82. The van der Waals surface area contributed by atoms with E-state index < -0.39 is 0 Å². The molecule has 0 aliphatic heterocycles. The molecular weight excluding hydrogens is 357 g/mol. The van der Waals surface area contributed by atoms with Gasteiger partial charge in [0.15, 0.2) is 11.8 Å². The Hall–Kier alpha value is -0.860. The van der Waals surface area contributed by atoms with Crippen LogP contribution in [0, 0.1) is 12.8 Å². The molecule has 0 aliphatic carbocycles. The fraction of sp³-hybridized carbons (Fsp3) is 0.750. The third-order valence-electron chi connectivity index (χ3n) is 2.44. The molecule has 110 valence electrons. The number of hydrogen-bond acceptors (Lipinski definition) is 4. The minimum Gasteiger partial charge on any atom is -0.356 e. The first-order valence-electron chi connectivity index (χ1n) is 6.35. The topological polar surface area (TPSA) is 75.3 Å². The fourth-order valence-corrected chi connectivity index (χ4v) is 1.43. The Kier molecular flexibility index (Phi) is 9.54. The summed E-state index contributed by atoms with van der Waals surface area (Å²) < 4.78 is 5.03. The average molecular weight is 381 g/mol. The Labute approximate surface area is 131 Å². The molecule has 0 fully saturated rings. The van der Waals surface area contributed by atoms with Gasteiger partial charge in [-0.2, -0.15) is 4.98 Å². The second kappa shape index (κ2) is 9.99. The minimum atomic E-state index is 0. The third kappa shape index (κ3) is 8.02. The zero-order valence-corrected chi connectivity index (χ0v) is 14.4. The van der Waals surface area contributed by atoms with Crippen molar-refractivity contribution in [2.24, 2.45) is 10.9 Å². The quantitative estimate of drug-likeness (QED) is 0.446. The van der Waals surface area contributed by atoms with Gasteiger partial charge in [0.1, 0.15) is 0 Å². The maximum Gasteiger partial charge on any atom is 0.228 e. The molecule has 0 saturated carbocycles. The van der Waals surface area contributed by atoms with Crippen LogP contribution in [0.2, 0.25) is 0 Å². The second-order valence-corrected chi connectivity index (χ2v) is 4.59. The van der Waals surface area contributed by atoms with Gasteiger partial charge in [0.05, 0.1) is 0 Å². The molecule has 6 nitrogen and oxygen atoms in total. The van der Waals surface area contributed by atoms with E-state index >= 15 is 0 Å². The van der Waals surface area contributed by atoms with E-state index in [1.54, 1.807) is 7.05 Å². The monoisotopic (exact) mass is 381 g/mol. The summed E-state index contributed by atoms with van der Waals surface area (Å²) in [5.41, 5.74) is 0. The third-order valence-corrected chi connectivity index (χ3v) is 2.44. The Bertz CT molecular complexity index is 378. The predicted octanol–water partition coefficient (Wildman–Crippen LogP) is 1.75. The van der Waals surface area contributed by atoms with Crippen molar-refractivity contribution in [2.75, 3.05) is 20.1 Å². The number of rotatable bonds is 6. The van der Waals surface area contributed by atoms with Crippen LogP contribution in [0.1, 0.15) is 32.0 Å². The molecule has 2 N–H and O–H groups in total. The van der Waals surface area contributed by atoms with Crippen molar-refractivity contribution in [2.45, 2.75) is 33.6 Å². The average Bonchev–Trinajstić information content (AvgIpc) is 2.72. The van der Waals surface area contributed by atoms with Gasteiger partial charge in [0, 0.05) is 26.6 Å². The molecular formula is C12H24IN5O. The molecule has 0 bridgehead atoms. The highest BCUT2D eigenvalue weighted by molar-refractivity contribution is 14.0. The Balaban J connectivity index is 0.00000324. The van der Waals surface area contributed by atoms with E-state index in [0.29, 0.717) is 24.1 Å². The summed E-state index contributed by atoms with van der Waals surface area (Å²) in [6.45, 7) is 7.87. The number of nitrogens with zero attached hydrogens (tertiary/aromatic N) is 3. The molecule has 7 heteroatoms. The van der Waals surface area contributed by atoms with E-state index in [1.807, 2.05) is 6.92 Å². The van der Waals surface area contributed by atoms with Gasteiger partial charge in [-0.3, -0.25) is 4.99 Å². The van der Waals surface area contributed by atoms with E-state index in [9.17, 15) is 0 Å². The van der Waals surface area contributed by atoms with Crippen LogP contribution in [0.4, 0.5) is 0 Å². The van der Waals surface area contributed by atoms with Gasteiger partial charge in [-0.1, -0.05) is 19.0 Å². The van der Waals surface area contributed by atoms with Crippen LogP contribution in [0.15, 0.2) is 9.52 Å². The summed E-state index contributed by atoms with van der Waals surface area (Å²) in [4.78, 5) is 8.29. The lowest BCUT2D eigenvalue weighted by Gasteiger charge is -2.11. The smallest absolute Gasteiger partial charge is 0.228 e. The molecule has 0 radical (unpaired) electrons. The van der Waals surface area contributed by atoms with Crippen LogP contribution in [0.25, 0.3) is 0 Å². The summed E-state index contributed by atoms with van der Waals surface area (Å²) in [6, 6.07) is 0. The van der Waals surface area contributed by atoms with E-state index in [0.717, 1.165) is 25.5 Å². The normalized spacial score (nSPS) is 11.3. The van der Waals surface area contributed by atoms with Crippen LogP contribution >= 0.6 is 24.0 Å². The highest BCUT2D eigenvalue weighted by atomic mass is 127. The molecule has 0 saturated heterocycles. The summed E-state index contributed by atoms with van der Waals surface area (Å²) in [7, 11) is 1.77. The molecule has 1 aromatic rings. The van der Waals surface area contributed by atoms with E-state index in [1.165, 1.54) is 0 Å². The zero-order chi connectivity index (χ0) is 13.4. The number of hydrogen-bond donors (Lipinski definition) is 2. The predicted molar refractivity (Wildman–Crippen MR) is 87.0 cm³/mol. The van der Waals surface area contributed by atoms with Crippen molar-refractivity contribution < 1.29 is 4.52 Å². The standard InChI is InChI=1S/C12H23N5O.HI/c1-9(2)5-7-14-12(13-4)15-8-6-11-16-10(3)17-18-11;/h9H,5-8H2,1-4H3,(H2,13,14,15);1H. The van der Waals surface area contributed by atoms with Gasteiger partial charge in [-0.15, -0.1) is 24.0 Å². The van der Waals surface area contributed by atoms with Crippen molar-refractivity contribution in [3.05, 3.63) is 11.7 Å². The molecule has 0 unspecified atom stereocenters. The fourth-order valence-electron chi connectivity index (χ4n) is 1.43. The molecule has 0 atom stereocenters. The summed E-state index contributed by atoms with van der Waals surface area (Å²) in [6.07, 6.45) is 1.83. The molecule has 0 spiro atoms. The van der Waals surface area contributed by atoms with Gasteiger partial charge >= 0.3 is 0 Å². The minimum absolute atomic E-state index is 0. The molecule has 19 heavy (non-hydrogen) atoms. The van der Waals surface area contributed by atoms with Crippen molar-refractivity contribution in [3.63, 3.8) is 0 Å². The maximum atomic E-state index is 5.03. The van der Waals surface area contributed by atoms with Crippen molar-refractivity contribution in [3.8, 4) is 0 Å². The first-order chi connectivity index (χ1) is 8.61. The summed E-state index contributed by atoms with van der Waals surface area (Å²) in [5, 5.41) is 10.2. The van der Waals surface area contributed by atoms with Crippen molar-refractivity contribution >= 4 is 29.9 Å². The number of aromatic nitrogens is 2. The molecule has 1 aromatic heterocycles. The number of guanidine groups is 1. The van der Waals surface area contributed by atoms with E-state index in [-0.39, 0.29) is 24.0 Å². The maximum absolute atomic E-state index is 5.03. The number of aryl methyl sites for hydroxylation is 1.